The molecule has 0 atom stereocenters. The van der Waals surface area contributed by atoms with Crippen molar-refractivity contribution in [1.82, 2.24) is 10.2 Å². The minimum atomic E-state index is -3.52. The minimum Gasteiger partial charge on any atom is -0.486 e. The van der Waals surface area contributed by atoms with Gasteiger partial charge >= 0.3 is 0 Å². The van der Waals surface area contributed by atoms with Crippen molar-refractivity contribution in [3.63, 3.8) is 0 Å². The van der Waals surface area contributed by atoms with Crippen molar-refractivity contribution in [1.29, 1.82) is 0 Å². The molecule has 1 amide bonds. The van der Waals surface area contributed by atoms with Crippen LogP contribution in [0.5, 0.6) is 11.5 Å². The number of sulfonamides is 1. The van der Waals surface area contributed by atoms with E-state index in [4.69, 9.17) is 9.47 Å². The molecule has 0 saturated carbocycles. The first kappa shape index (κ1) is 25.1. The molecule has 4 rings (SSSR count). The SMILES string of the molecule is CN1CCN(c2ccc(CNC(=O)CCCN(c3ccc4c(c3)OCCO4)S(C)(=O)=O)cc2)CC1. The molecule has 1 saturated heterocycles. The molecule has 9 nitrogen and oxygen atoms in total. The Hall–Kier alpha value is -2.98. The van der Waals surface area contributed by atoms with Crippen molar-refractivity contribution in [3.8, 4) is 11.5 Å². The fraction of sp³-hybridized carbons (Fsp3) is 0.480. The van der Waals surface area contributed by atoms with Gasteiger partial charge in [-0.25, -0.2) is 8.42 Å². The summed E-state index contributed by atoms with van der Waals surface area (Å²) in [5, 5.41) is 2.93. The molecular weight excluding hydrogens is 468 g/mol. The zero-order valence-electron chi connectivity index (χ0n) is 20.4. The third-order valence-corrected chi connectivity index (χ3v) is 7.47. The number of hydrogen-bond donors (Lipinski definition) is 1. The van der Waals surface area contributed by atoms with Crippen LogP contribution < -0.4 is 24.0 Å². The average Bonchev–Trinajstić information content (AvgIpc) is 2.85. The van der Waals surface area contributed by atoms with Gasteiger partial charge in [-0.1, -0.05) is 12.1 Å². The lowest BCUT2D eigenvalue weighted by molar-refractivity contribution is -0.121. The van der Waals surface area contributed by atoms with Crippen LogP contribution in [0, 0.1) is 0 Å². The largest absolute Gasteiger partial charge is 0.486 e. The van der Waals surface area contributed by atoms with Crippen LogP contribution in [0.3, 0.4) is 0 Å². The predicted molar refractivity (Wildman–Crippen MR) is 137 cm³/mol. The molecule has 0 unspecified atom stereocenters. The number of piperazine rings is 1. The van der Waals surface area contributed by atoms with Crippen molar-refractivity contribution in [2.75, 3.05) is 68.4 Å². The number of nitrogens with one attached hydrogen (secondary N) is 1. The molecule has 0 aromatic heterocycles. The molecule has 0 spiro atoms. The summed E-state index contributed by atoms with van der Waals surface area (Å²) in [5.74, 6) is 1.02. The number of ether oxygens (including phenoxy) is 2. The third kappa shape index (κ3) is 6.79. The molecular formula is C25H34N4O5S. The molecule has 2 aromatic carbocycles. The van der Waals surface area contributed by atoms with Gasteiger partial charge in [0, 0.05) is 57.4 Å². The molecule has 2 aliphatic rings. The summed E-state index contributed by atoms with van der Waals surface area (Å²) in [7, 11) is -1.38. The number of nitrogens with zero attached hydrogens (tertiary/aromatic N) is 3. The summed E-state index contributed by atoms with van der Waals surface area (Å²) in [6, 6.07) is 13.4. The van der Waals surface area contributed by atoms with Crippen LogP contribution in [0.15, 0.2) is 42.5 Å². The topological polar surface area (TPSA) is 91.4 Å². The zero-order chi connectivity index (χ0) is 24.8. The van der Waals surface area contributed by atoms with Crippen molar-refractivity contribution in [2.45, 2.75) is 19.4 Å². The van der Waals surface area contributed by atoms with Gasteiger partial charge in [0.2, 0.25) is 15.9 Å². The maximum absolute atomic E-state index is 12.4. The summed E-state index contributed by atoms with van der Waals surface area (Å²) < 4.78 is 37.2. The van der Waals surface area contributed by atoms with E-state index in [9.17, 15) is 13.2 Å². The second kappa shape index (κ2) is 11.2. The summed E-state index contributed by atoms with van der Waals surface area (Å²) >= 11 is 0. The number of hydrogen-bond acceptors (Lipinski definition) is 7. The van der Waals surface area contributed by atoms with E-state index in [1.807, 2.05) is 12.1 Å². The molecule has 1 fully saturated rings. The van der Waals surface area contributed by atoms with E-state index in [1.54, 1.807) is 18.2 Å². The van der Waals surface area contributed by atoms with Crippen molar-refractivity contribution >= 4 is 27.3 Å². The maximum Gasteiger partial charge on any atom is 0.232 e. The van der Waals surface area contributed by atoms with E-state index in [0.717, 1.165) is 38.0 Å². The van der Waals surface area contributed by atoms with Crippen LogP contribution in [0.1, 0.15) is 18.4 Å². The fourth-order valence-electron chi connectivity index (χ4n) is 4.24. The number of benzene rings is 2. The van der Waals surface area contributed by atoms with Crippen molar-refractivity contribution in [3.05, 3.63) is 48.0 Å². The van der Waals surface area contributed by atoms with Crippen LogP contribution in [-0.2, 0) is 21.4 Å². The highest BCUT2D eigenvalue weighted by molar-refractivity contribution is 7.92. The normalized spacial score (nSPS) is 16.1. The van der Waals surface area contributed by atoms with Gasteiger partial charge in [-0.15, -0.1) is 0 Å². The van der Waals surface area contributed by atoms with Gasteiger partial charge in [0.05, 0.1) is 11.9 Å². The Morgan fingerprint density at radius 3 is 2.37 bits per heavy atom. The molecule has 190 valence electrons. The highest BCUT2D eigenvalue weighted by Gasteiger charge is 2.21. The average molecular weight is 503 g/mol. The molecule has 10 heteroatoms. The molecule has 0 aliphatic carbocycles. The van der Waals surface area contributed by atoms with E-state index < -0.39 is 10.0 Å². The Morgan fingerprint density at radius 2 is 1.69 bits per heavy atom. The smallest absolute Gasteiger partial charge is 0.232 e. The molecule has 1 N–H and O–H groups in total. The Bertz CT molecular complexity index is 1120. The van der Waals surface area contributed by atoms with Crippen molar-refractivity contribution < 1.29 is 22.7 Å². The van der Waals surface area contributed by atoms with Crippen LogP contribution in [0.2, 0.25) is 0 Å². The molecule has 0 bridgehead atoms. The highest BCUT2D eigenvalue weighted by atomic mass is 32.2. The number of fused-ring (bicyclic) bond motifs is 1. The van der Waals surface area contributed by atoms with E-state index in [2.05, 4.69) is 34.3 Å². The Labute approximate surface area is 207 Å². The Balaban J connectivity index is 1.25. The van der Waals surface area contributed by atoms with E-state index in [1.165, 1.54) is 9.99 Å². The van der Waals surface area contributed by atoms with Gasteiger partial charge in [-0.3, -0.25) is 9.10 Å². The van der Waals surface area contributed by atoms with Crippen LogP contribution >= 0.6 is 0 Å². The van der Waals surface area contributed by atoms with E-state index in [0.29, 0.717) is 43.4 Å². The molecule has 2 aromatic rings. The monoisotopic (exact) mass is 502 g/mol. The number of carbonyl (C=O) groups is 1. The van der Waals surface area contributed by atoms with Gasteiger partial charge in [-0.2, -0.15) is 0 Å². The number of rotatable bonds is 9. The van der Waals surface area contributed by atoms with Gasteiger partial charge < -0.3 is 24.6 Å². The third-order valence-electron chi connectivity index (χ3n) is 6.27. The Kier molecular flexibility index (Phi) is 8.02. The second-order valence-corrected chi connectivity index (χ2v) is 10.9. The Morgan fingerprint density at radius 1 is 1.00 bits per heavy atom. The fourth-order valence-corrected chi connectivity index (χ4v) is 5.19. The second-order valence-electron chi connectivity index (χ2n) is 9.00. The molecule has 35 heavy (non-hydrogen) atoms. The summed E-state index contributed by atoms with van der Waals surface area (Å²) in [6.07, 6.45) is 1.79. The predicted octanol–water partition coefficient (Wildman–Crippen LogP) is 2.07. The zero-order valence-corrected chi connectivity index (χ0v) is 21.2. The first-order valence-corrected chi connectivity index (χ1v) is 13.8. The summed E-state index contributed by atoms with van der Waals surface area (Å²) in [4.78, 5) is 17.1. The van der Waals surface area contributed by atoms with Gasteiger partial charge in [0.1, 0.15) is 13.2 Å². The highest BCUT2D eigenvalue weighted by Crippen LogP contribution is 2.34. The van der Waals surface area contributed by atoms with Gasteiger partial charge in [0.15, 0.2) is 11.5 Å². The van der Waals surface area contributed by atoms with E-state index >= 15 is 0 Å². The summed E-state index contributed by atoms with van der Waals surface area (Å²) in [6.45, 7) is 5.69. The van der Waals surface area contributed by atoms with Crippen LogP contribution in [-0.4, -0.2) is 78.5 Å². The first-order valence-electron chi connectivity index (χ1n) is 12.0. The summed E-state index contributed by atoms with van der Waals surface area (Å²) in [5.41, 5.74) is 2.73. The number of likely N-dealkylation sites (N-methyl/N-ethyl adjacent to an activating group) is 1. The maximum atomic E-state index is 12.4. The van der Waals surface area contributed by atoms with Crippen LogP contribution in [0.25, 0.3) is 0 Å². The van der Waals surface area contributed by atoms with Gasteiger partial charge in [-0.05, 0) is 43.3 Å². The van der Waals surface area contributed by atoms with Crippen LogP contribution in [0.4, 0.5) is 11.4 Å². The number of amides is 1. The standard InChI is InChI=1S/C25H34N4O5S/c1-27-12-14-28(15-13-27)21-7-5-20(6-8-21)19-26-25(30)4-3-11-29(35(2,31)32)22-9-10-23-24(18-22)34-17-16-33-23/h5-10,18H,3-4,11-17,19H2,1-2H3,(H,26,30). The number of carbonyl (C=O) groups excluding carboxylic acids is 1. The molecule has 2 aliphatic heterocycles. The molecule has 0 radical (unpaired) electrons. The van der Waals surface area contributed by atoms with E-state index in [-0.39, 0.29) is 18.9 Å². The van der Waals surface area contributed by atoms with Gasteiger partial charge in [0.25, 0.3) is 0 Å². The first-order chi connectivity index (χ1) is 16.8. The lowest BCUT2D eigenvalue weighted by Gasteiger charge is -2.34. The minimum absolute atomic E-state index is 0.108. The quantitative estimate of drug-likeness (QED) is 0.561. The lowest BCUT2D eigenvalue weighted by atomic mass is 10.1. The molecule has 2 heterocycles. The van der Waals surface area contributed by atoms with Crippen molar-refractivity contribution in [2.24, 2.45) is 0 Å². The lowest BCUT2D eigenvalue weighted by Crippen LogP contribution is -2.44. The number of anilines is 2.